The second-order valence-electron chi connectivity index (χ2n) is 5.95. The van der Waals surface area contributed by atoms with Crippen molar-refractivity contribution in [1.82, 2.24) is 4.98 Å². The summed E-state index contributed by atoms with van der Waals surface area (Å²) in [6.07, 6.45) is 1.58. The number of pyridine rings is 1. The highest BCUT2D eigenvalue weighted by Crippen LogP contribution is 2.18. The average Bonchev–Trinajstić information content (AvgIpc) is 2.68. The molecule has 2 aromatic carbocycles. The van der Waals surface area contributed by atoms with Crippen molar-refractivity contribution in [3.63, 3.8) is 0 Å². The summed E-state index contributed by atoms with van der Waals surface area (Å²) < 4.78 is 4.66. The first-order valence-corrected chi connectivity index (χ1v) is 8.34. The minimum Gasteiger partial charge on any atom is -0.465 e. The number of methoxy groups -OCH3 is 1. The van der Waals surface area contributed by atoms with Crippen molar-refractivity contribution < 1.29 is 14.3 Å². The van der Waals surface area contributed by atoms with E-state index in [-0.39, 0.29) is 5.91 Å². The number of nitrogens with one attached hydrogen (secondary N) is 2. The van der Waals surface area contributed by atoms with Crippen LogP contribution in [0.25, 0.3) is 0 Å². The molecule has 1 heterocycles. The first-order chi connectivity index (χ1) is 13.0. The molecule has 0 unspecified atom stereocenters. The van der Waals surface area contributed by atoms with Gasteiger partial charge >= 0.3 is 5.97 Å². The van der Waals surface area contributed by atoms with Crippen LogP contribution < -0.4 is 10.6 Å². The molecule has 0 radical (unpaired) electrons. The minimum atomic E-state index is -0.422. The first kappa shape index (κ1) is 18.1. The molecule has 2 N–H and O–H groups in total. The van der Waals surface area contributed by atoms with E-state index in [1.165, 1.54) is 7.11 Å². The number of carbonyl (C=O) groups excluding carboxylic acids is 2. The molecule has 6 nitrogen and oxygen atoms in total. The quantitative estimate of drug-likeness (QED) is 0.667. The number of hydrogen-bond acceptors (Lipinski definition) is 5. The molecule has 0 fully saturated rings. The number of aryl methyl sites for hydroxylation is 1. The van der Waals surface area contributed by atoms with Crippen molar-refractivity contribution in [2.45, 2.75) is 6.92 Å². The minimum absolute atomic E-state index is 0.268. The molecule has 0 aliphatic heterocycles. The van der Waals surface area contributed by atoms with Gasteiger partial charge < -0.3 is 15.4 Å². The predicted molar refractivity (Wildman–Crippen MR) is 104 cm³/mol. The van der Waals surface area contributed by atoms with Gasteiger partial charge in [0, 0.05) is 23.1 Å². The van der Waals surface area contributed by atoms with Crippen LogP contribution in [0, 0.1) is 6.92 Å². The molecule has 1 aromatic heterocycles. The van der Waals surface area contributed by atoms with Gasteiger partial charge in [0.15, 0.2) is 0 Å². The van der Waals surface area contributed by atoms with Gasteiger partial charge in [-0.05, 0) is 61.0 Å². The Morgan fingerprint density at radius 2 is 1.70 bits per heavy atom. The number of amides is 1. The van der Waals surface area contributed by atoms with Gasteiger partial charge in [-0.15, -0.1) is 0 Å². The fraction of sp³-hybridized carbons (Fsp3) is 0.0952. The zero-order chi connectivity index (χ0) is 19.2. The molecule has 6 heteroatoms. The largest absolute Gasteiger partial charge is 0.465 e. The molecule has 0 saturated carbocycles. The summed E-state index contributed by atoms with van der Waals surface area (Å²) in [7, 11) is 1.32. The van der Waals surface area contributed by atoms with Gasteiger partial charge in [-0.2, -0.15) is 0 Å². The SMILES string of the molecule is COC(=O)c1ccc(NC(=O)c2ccnc(Nc3cccc(C)c3)c2)cc1. The third kappa shape index (κ3) is 4.70. The number of nitrogens with zero attached hydrogens (tertiary/aromatic N) is 1. The summed E-state index contributed by atoms with van der Waals surface area (Å²) in [5.74, 6) is -0.112. The lowest BCUT2D eigenvalue weighted by atomic mass is 10.2. The summed E-state index contributed by atoms with van der Waals surface area (Å²) in [6, 6.07) is 17.7. The smallest absolute Gasteiger partial charge is 0.337 e. The van der Waals surface area contributed by atoms with E-state index in [0.717, 1.165) is 11.3 Å². The first-order valence-electron chi connectivity index (χ1n) is 8.34. The van der Waals surface area contributed by atoms with Gasteiger partial charge in [0.25, 0.3) is 5.91 Å². The van der Waals surface area contributed by atoms with Crippen LogP contribution in [0.4, 0.5) is 17.2 Å². The number of benzene rings is 2. The molecule has 0 saturated heterocycles. The lowest BCUT2D eigenvalue weighted by Crippen LogP contribution is -2.12. The monoisotopic (exact) mass is 361 g/mol. The molecule has 1 amide bonds. The third-order valence-corrected chi connectivity index (χ3v) is 3.88. The third-order valence-electron chi connectivity index (χ3n) is 3.88. The maximum absolute atomic E-state index is 12.5. The maximum atomic E-state index is 12.5. The Bertz CT molecular complexity index is 968. The van der Waals surface area contributed by atoms with Crippen molar-refractivity contribution >= 4 is 29.1 Å². The van der Waals surface area contributed by atoms with Gasteiger partial charge in [0.1, 0.15) is 5.82 Å². The number of esters is 1. The van der Waals surface area contributed by atoms with Crippen molar-refractivity contribution in [3.05, 3.63) is 83.6 Å². The summed E-state index contributed by atoms with van der Waals surface area (Å²) in [4.78, 5) is 28.2. The Balaban J connectivity index is 1.70. The van der Waals surface area contributed by atoms with Crippen LogP contribution in [0.5, 0.6) is 0 Å². The Morgan fingerprint density at radius 3 is 2.41 bits per heavy atom. The van der Waals surface area contributed by atoms with Crippen LogP contribution in [0.3, 0.4) is 0 Å². The predicted octanol–water partition coefficient (Wildman–Crippen LogP) is 4.17. The molecule has 27 heavy (non-hydrogen) atoms. The molecule has 3 aromatic rings. The zero-order valence-electron chi connectivity index (χ0n) is 15.0. The van der Waals surface area contributed by atoms with Gasteiger partial charge in [-0.1, -0.05) is 12.1 Å². The number of ether oxygens (including phenoxy) is 1. The van der Waals surface area contributed by atoms with Crippen LogP contribution in [0.1, 0.15) is 26.3 Å². The fourth-order valence-electron chi connectivity index (χ4n) is 2.52. The van der Waals surface area contributed by atoms with Crippen molar-refractivity contribution in [2.75, 3.05) is 17.7 Å². The molecule has 0 aliphatic rings. The second-order valence-corrected chi connectivity index (χ2v) is 5.95. The van der Waals surface area contributed by atoms with Crippen LogP contribution in [-0.4, -0.2) is 24.0 Å². The highest BCUT2D eigenvalue weighted by Gasteiger charge is 2.09. The van der Waals surface area contributed by atoms with E-state index in [1.54, 1.807) is 42.6 Å². The maximum Gasteiger partial charge on any atom is 0.337 e. The zero-order valence-corrected chi connectivity index (χ0v) is 15.0. The summed E-state index contributed by atoms with van der Waals surface area (Å²) in [5.41, 5.74) is 3.50. The molecule has 3 rings (SSSR count). The van der Waals surface area contributed by atoms with E-state index in [2.05, 4.69) is 20.4 Å². The van der Waals surface area contributed by atoms with Crippen LogP contribution in [-0.2, 0) is 4.74 Å². The molecule has 136 valence electrons. The summed E-state index contributed by atoms with van der Waals surface area (Å²) in [5, 5.41) is 5.98. The highest BCUT2D eigenvalue weighted by molar-refractivity contribution is 6.04. The second kappa shape index (κ2) is 8.14. The Morgan fingerprint density at radius 1 is 0.926 bits per heavy atom. The molecule has 0 atom stereocenters. The van der Waals surface area contributed by atoms with Gasteiger partial charge in [-0.3, -0.25) is 4.79 Å². The van der Waals surface area contributed by atoms with Gasteiger partial charge in [0.05, 0.1) is 12.7 Å². The Hall–Kier alpha value is -3.67. The van der Waals surface area contributed by atoms with Crippen LogP contribution in [0.15, 0.2) is 66.9 Å². The van der Waals surface area contributed by atoms with Crippen molar-refractivity contribution in [3.8, 4) is 0 Å². The lowest BCUT2D eigenvalue weighted by molar-refractivity contribution is 0.0600. The molecule has 0 aliphatic carbocycles. The summed E-state index contributed by atoms with van der Waals surface area (Å²) >= 11 is 0. The number of hydrogen-bond donors (Lipinski definition) is 2. The molecule has 0 bridgehead atoms. The molecule has 0 spiro atoms. The number of aromatic nitrogens is 1. The van der Waals surface area contributed by atoms with Crippen LogP contribution >= 0.6 is 0 Å². The van der Waals surface area contributed by atoms with E-state index < -0.39 is 5.97 Å². The van der Waals surface area contributed by atoms with Gasteiger partial charge in [0.2, 0.25) is 0 Å². The van der Waals surface area contributed by atoms with Gasteiger partial charge in [-0.25, -0.2) is 9.78 Å². The number of carbonyl (C=O) groups is 2. The number of rotatable bonds is 5. The average molecular weight is 361 g/mol. The Kier molecular flexibility index (Phi) is 5.47. The molecular weight excluding hydrogens is 342 g/mol. The molecular formula is C21H19N3O3. The highest BCUT2D eigenvalue weighted by atomic mass is 16.5. The fourth-order valence-corrected chi connectivity index (χ4v) is 2.52. The number of anilines is 3. The standard InChI is InChI=1S/C21H19N3O3/c1-14-4-3-5-18(12-14)23-19-13-16(10-11-22-19)20(25)24-17-8-6-15(7-9-17)21(26)27-2/h3-13H,1-2H3,(H,22,23)(H,24,25). The van der Waals surface area contributed by atoms with E-state index in [4.69, 9.17) is 0 Å². The normalized spacial score (nSPS) is 10.1. The Labute approximate surface area is 157 Å². The summed E-state index contributed by atoms with van der Waals surface area (Å²) in [6.45, 7) is 2.01. The van der Waals surface area contributed by atoms with E-state index in [0.29, 0.717) is 22.6 Å². The van der Waals surface area contributed by atoms with E-state index >= 15 is 0 Å². The topological polar surface area (TPSA) is 80.3 Å². The van der Waals surface area contributed by atoms with E-state index in [1.807, 2.05) is 31.2 Å². The van der Waals surface area contributed by atoms with Crippen molar-refractivity contribution in [1.29, 1.82) is 0 Å². The van der Waals surface area contributed by atoms with Crippen molar-refractivity contribution in [2.24, 2.45) is 0 Å². The van der Waals surface area contributed by atoms with Crippen LogP contribution in [0.2, 0.25) is 0 Å². The lowest BCUT2D eigenvalue weighted by Gasteiger charge is -2.09. The van der Waals surface area contributed by atoms with E-state index in [9.17, 15) is 9.59 Å².